The summed E-state index contributed by atoms with van der Waals surface area (Å²) in [7, 11) is 3.93. The van der Waals surface area contributed by atoms with Crippen molar-refractivity contribution in [3.05, 3.63) is 76.0 Å². The monoisotopic (exact) mass is 488 g/mol. The van der Waals surface area contributed by atoms with Gasteiger partial charge in [-0.3, -0.25) is 14.8 Å². The van der Waals surface area contributed by atoms with Crippen molar-refractivity contribution in [2.24, 2.45) is 0 Å². The molecule has 3 aromatic heterocycles. The van der Waals surface area contributed by atoms with Gasteiger partial charge in [-0.1, -0.05) is 12.1 Å². The average molecular weight is 489 g/mol. The number of pyridine rings is 2. The van der Waals surface area contributed by atoms with E-state index in [0.29, 0.717) is 31.0 Å². The van der Waals surface area contributed by atoms with Gasteiger partial charge in [0, 0.05) is 62.3 Å². The fourth-order valence-corrected chi connectivity index (χ4v) is 3.76. The van der Waals surface area contributed by atoms with Gasteiger partial charge in [0.2, 0.25) is 0 Å². The van der Waals surface area contributed by atoms with E-state index >= 15 is 0 Å². The van der Waals surface area contributed by atoms with Crippen LogP contribution in [0.5, 0.6) is 0 Å². The number of aromatic nitrogens is 2. The van der Waals surface area contributed by atoms with Crippen LogP contribution in [0.4, 0.5) is 10.5 Å². The molecule has 0 aliphatic heterocycles. The van der Waals surface area contributed by atoms with Gasteiger partial charge in [-0.15, -0.1) is 23.7 Å². The van der Waals surface area contributed by atoms with Gasteiger partial charge in [-0.25, -0.2) is 4.79 Å². The van der Waals surface area contributed by atoms with Crippen molar-refractivity contribution < 1.29 is 9.59 Å². The van der Waals surface area contributed by atoms with Crippen LogP contribution in [0.3, 0.4) is 0 Å². The summed E-state index contributed by atoms with van der Waals surface area (Å²) in [6, 6.07) is 7.14. The smallest absolute Gasteiger partial charge is 0.318 e. The molecule has 0 aliphatic carbocycles. The van der Waals surface area contributed by atoms with Crippen LogP contribution >= 0.6 is 23.7 Å². The highest BCUT2D eigenvalue weighted by atomic mass is 35.5. The van der Waals surface area contributed by atoms with E-state index in [1.54, 1.807) is 29.6 Å². The van der Waals surface area contributed by atoms with Crippen molar-refractivity contribution in [1.82, 2.24) is 25.1 Å². The fourth-order valence-electron chi connectivity index (χ4n) is 3.01. The summed E-state index contributed by atoms with van der Waals surface area (Å²) in [6.07, 6.45) is 5.31. The molecule has 3 rings (SSSR count). The van der Waals surface area contributed by atoms with E-state index in [4.69, 9.17) is 5.73 Å². The van der Waals surface area contributed by atoms with Gasteiger partial charge in [0.25, 0.3) is 0 Å². The molecule has 8 nitrogen and oxygen atoms in total. The minimum atomic E-state index is -0.163. The molecule has 0 radical (unpaired) electrons. The summed E-state index contributed by atoms with van der Waals surface area (Å²) in [6.45, 7) is 2.09. The molecule has 176 valence electrons. The van der Waals surface area contributed by atoms with E-state index in [2.05, 4.69) is 15.3 Å². The number of carbonyl (C=O) groups is 2. The summed E-state index contributed by atoms with van der Waals surface area (Å²) in [5.41, 5.74) is 9.51. The Morgan fingerprint density at radius 2 is 1.91 bits per heavy atom. The Labute approximate surface area is 204 Å². The number of likely N-dealkylation sites (N-methyl/N-ethyl adjacent to an activating group) is 1. The quantitative estimate of drug-likeness (QED) is 0.424. The zero-order valence-corrected chi connectivity index (χ0v) is 20.4. The first kappa shape index (κ1) is 26.2. The number of halogens is 1. The van der Waals surface area contributed by atoms with Crippen LogP contribution < -0.4 is 11.1 Å². The van der Waals surface area contributed by atoms with Gasteiger partial charge in [-0.05, 0) is 48.3 Å². The first-order valence-electron chi connectivity index (χ1n) is 10.3. The van der Waals surface area contributed by atoms with Crippen LogP contribution in [-0.2, 0) is 19.5 Å². The van der Waals surface area contributed by atoms with Gasteiger partial charge in [0.15, 0.2) is 5.78 Å². The molecule has 3 N–H and O–H groups in total. The lowest BCUT2D eigenvalue weighted by atomic mass is 10.1. The highest BCUT2D eigenvalue weighted by molar-refractivity contribution is 7.08. The molecule has 3 heterocycles. The van der Waals surface area contributed by atoms with E-state index < -0.39 is 0 Å². The summed E-state index contributed by atoms with van der Waals surface area (Å²) < 4.78 is 0. The SMILES string of the molecule is CN(C)CCN(Cc1ccc(C(=O)Cc2cscc2N)nc1)C(=O)NCc1cccnc1.Cl. The van der Waals surface area contributed by atoms with E-state index in [-0.39, 0.29) is 30.6 Å². The Morgan fingerprint density at radius 1 is 1.09 bits per heavy atom. The number of nitrogens with two attached hydrogens (primary N) is 1. The number of Topliss-reactive ketones (excluding diaryl/α,β-unsaturated/α-hetero) is 1. The molecule has 0 saturated heterocycles. The lowest BCUT2D eigenvalue weighted by Crippen LogP contribution is -2.42. The highest BCUT2D eigenvalue weighted by Crippen LogP contribution is 2.19. The number of nitrogens with zero attached hydrogens (tertiary/aromatic N) is 4. The molecule has 0 saturated carbocycles. The van der Waals surface area contributed by atoms with E-state index in [9.17, 15) is 9.59 Å². The largest absolute Gasteiger partial charge is 0.398 e. The van der Waals surface area contributed by atoms with Gasteiger partial charge in [0.1, 0.15) is 5.69 Å². The molecule has 33 heavy (non-hydrogen) atoms. The first-order valence-corrected chi connectivity index (χ1v) is 11.2. The molecule has 10 heteroatoms. The zero-order valence-electron chi connectivity index (χ0n) is 18.7. The van der Waals surface area contributed by atoms with E-state index in [0.717, 1.165) is 23.2 Å². The topological polar surface area (TPSA) is 104 Å². The van der Waals surface area contributed by atoms with Crippen molar-refractivity contribution >= 4 is 41.2 Å². The Bertz CT molecular complexity index is 1030. The summed E-state index contributed by atoms with van der Waals surface area (Å²) in [4.78, 5) is 37.5. The number of urea groups is 1. The average Bonchev–Trinajstić information content (AvgIpc) is 3.20. The third-order valence-corrected chi connectivity index (χ3v) is 5.69. The zero-order chi connectivity index (χ0) is 22.9. The Morgan fingerprint density at radius 3 is 2.52 bits per heavy atom. The molecule has 0 atom stereocenters. The lowest BCUT2D eigenvalue weighted by Gasteiger charge is -2.25. The van der Waals surface area contributed by atoms with Gasteiger partial charge in [-0.2, -0.15) is 0 Å². The van der Waals surface area contributed by atoms with Crippen LogP contribution in [0, 0.1) is 0 Å². The van der Waals surface area contributed by atoms with Crippen molar-refractivity contribution in [2.45, 2.75) is 19.5 Å². The lowest BCUT2D eigenvalue weighted by molar-refractivity contribution is 0.0988. The minimum absolute atomic E-state index is 0. The number of hydrogen-bond acceptors (Lipinski definition) is 7. The summed E-state index contributed by atoms with van der Waals surface area (Å²) >= 11 is 1.48. The maximum absolute atomic E-state index is 12.8. The minimum Gasteiger partial charge on any atom is -0.398 e. The number of ketones is 1. The van der Waals surface area contributed by atoms with Crippen LogP contribution in [0.25, 0.3) is 0 Å². The number of carbonyl (C=O) groups excluding carboxylic acids is 2. The molecule has 0 spiro atoms. The fraction of sp³-hybridized carbons (Fsp3) is 0.304. The molecule has 0 fully saturated rings. The third kappa shape index (κ3) is 8.12. The standard InChI is InChI=1S/C23H28N6O2S.ClH/c1-28(2)8-9-29(23(31)27-12-17-4-3-7-25-11-17)14-18-5-6-21(26-13-18)22(30)10-19-15-32-16-20(19)24;/h3-7,11,13,15-16H,8-10,12,14,24H2,1-2H3,(H,27,31);1H. The second-order valence-corrected chi connectivity index (χ2v) is 8.49. The van der Waals surface area contributed by atoms with Crippen LogP contribution in [0.15, 0.2) is 53.6 Å². The third-order valence-electron chi connectivity index (χ3n) is 4.88. The molecule has 2 amide bonds. The highest BCUT2D eigenvalue weighted by Gasteiger charge is 2.16. The van der Waals surface area contributed by atoms with Crippen molar-refractivity contribution in [1.29, 1.82) is 0 Å². The molecule has 3 aromatic rings. The van der Waals surface area contributed by atoms with Crippen LogP contribution in [0.1, 0.15) is 27.2 Å². The predicted octanol–water partition coefficient (Wildman–Crippen LogP) is 3.24. The number of thiophene rings is 1. The molecule has 0 bridgehead atoms. The van der Waals surface area contributed by atoms with Gasteiger partial charge in [0.05, 0.1) is 0 Å². The number of nitrogen functional groups attached to an aromatic ring is 1. The second kappa shape index (κ2) is 12.9. The maximum Gasteiger partial charge on any atom is 0.318 e. The molecule has 0 aromatic carbocycles. The number of nitrogens with one attached hydrogen (secondary N) is 1. The number of hydrogen-bond donors (Lipinski definition) is 2. The van der Waals surface area contributed by atoms with Crippen molar-refractivity contribution in [3.8, 4) is 0 Å². The Hall–Kier alpha value is -3.01. The van der Waals surface area contributed by atoms with Crippen LogP contribution in [-0.4, -0.2) is 58.8 Å². The Balaban J connectivity index is 0.00000385. The van der Waals surface area contributed by atoms with Crippen molar-refractivity contribution in [3.63, 3.8) is 0 Å². The number of amides is 2. The normalized spacial score (nSPS) is 10.5. The van der Waals surface area contributed by atoms with E-state index in [1.807, 2.05) is 48.0 Å². The van der Waals surface area contributed by atoms with E-state index in [1.165, 1.54) is 11.3 Å². The van der Waals surface area contributed by atoms with Gasteiger partial charge >= 0.3 is 6.03 Å². The second-order valence-electron chi connectivity index (χ2n) is 7.75. The maximum atomic E-state index is 12.8. The molecular weight excluding hydrogens is 460 g/mol. The predicted molar refractivity (Wildman–Crippen MR) is 134 cm³/mol. The summed E-state index contributed by atoms with van der Waals surface area (Å²) in [5, 5.41) is 6.65. The summed E-state index contributed by atoms with van der Waals surface area (Å²) in [5.74, 6) is -0.0830. The molecular formula is C23H29ClN6O2S. The molecule has 0 aliphatic rings. The Kier molecular flexibility index (Phi) is 10.2. The van der Waals surface area contributed by atoms with Gasteiger partial charge < -0.3 is 20.9 Å². The number of anilines is 1. The van der Waals surface area contributed by atoms with Crippen molar-refractivity contribution in [2.75, 3.05) is 32.9 Å². The molecule has 0 unspecified atom stereocenters. The first-order chi connectivity index (χ1) is 15.4. The number of rotatable bonds is 10. The van der Waals surface area contributed by atoms with Crippen LogP contribution in [0.2, 0.25) is 0 Å².